The maximum atomic E-state index is 12.3. The largest absolute Gasteiger partial charge is 0.497 e. The molecule has 2 rings (SSSR count). The molecule has 0 unspecified atom stereocenters. The summed E-state index contributed by atoms with van der Waals surface area (Å²) in [5.41, 5.74) is 0.888. The van der Waals surface area contributed by atoms with Crippen LogP contribution in [0.4, 0.5) is 0 Å². The van der Waals surface area contributed by atoms with Crippen molar-refractivity contribution in [2.45, 2.75) is 11.8 Å². The van der Waals surface area contributed by atoms with Crippen LogP contribution in [0.25, 0.3) is 6.08 Å². The van der Waals surface area contributed by atoms with Gasteiger partial charge in [-0.2, -0.15) is 8.42 Å². The summed E-state index contributed by atoms with van der Waals surface area (Å²) in [6, 6.07) is 11.0. The van der Waals surface area contributed by atoms with E-state index in [4.69, 9.17) is 13.7 Å². The molecule has 0 aliphatic carbocycles. The predicted molar refractivity (Wildman–Crippen MR) is 88.5 cm³/mol. The molecule has 0 atom stereocenters. The Hall–Kier alpha value is -2.47. The smallest absolute Gasteiger partial charge is 0.339 e. The van der Waals surface area contributed by atoms with Gasteiger partial charge in [-0.3, -0.25) is 0 Å². The highest BCUT2D eigenvalue weighted by atomic mass is 32.2. The number of rotatable bonds is 6. The van der Waals surface area contributed by atoms with Gasteiger partial charge in [0.15, 0.2) is 11.5 Å². The molecule has 2 aromatic rings. The highest BCUT2D eigenvalue weighted by Crippen LogP contribution is 2.31. The first kappa shape index (κ1) is 16.9. The first-order valence-corrected chi connectivity index (χ1v) is 8.30. The van der Waals surface area contributed by atoms with Crippen LogP contribution in [0.1, 0.15) is 12.5 Å². The third kappa shape index (κ3) is 4.04. The molecule has 0 fully saturated rings. The molecule has 6 heteroatoms. The Balaban J connectivity index is 2.32. The zero-order valence-corrected chi connectivity index (χ0v) is 14.0. The lowest BCUT2D eigenvalue weighted by Gasteiger charge is -2.11. The first-order valence-electron chi connectivity index (χ1n) is 6.89. The van der Waals surface area contributed by atoms with Gasteiger partial charge in [-0.15, -0.1) is 0 Å². The molecule has 0 radical (unpaired) electrons. The van der Waals surface area contributed by atoms with Crippen molar-refractivity contribution >= 4 is 16.2 Å². The lowest BCUT2D eigenvalue weighted by molar-refractivity contribution is 0.390. The van der Waals surface area contributed by atoms with Crippen LogP contribution in [0.15, 0.2) is 53.4 Å². The van der Waals surface area contributed by atoms with E-state index in [-0.39, 0.29) is 10.6 Å². The Morgan fingerprint density at radius 2 is 1.61 bits per heavy atom. The fourth-order valence-electron chi connectivity index (χ4n) is 1.96. The van der Waals surface area contributed by atoms with Gasteiger partial charge in [-0.05, 0) is 48.9 Å². The molecule has 0 spiro atoms. The van der Waals surface area contributed by atoms with Gasteiger partial charge in [0.1, 0.15) is 10.6 Å². The number of benzene rings is 2. The zero-order valence-electron chi connectivity index (χ0n) is 13.1. The molecule has 0 aliphatic heterocycles. The molecule has 0 N–H and O–H groups in total. The average molecular weight is 334 g/mol. The summed E-state index contributed by atoms with van der Waals surface area (Å²) < 4.78 is 40.1. The first-order chi connectivity index (χ1) is 11.0. The Bertz CT molecular complexity index is 792. The van der Waals surface area contributed by atoms with Crippen molar-refractivity contribution in [2.24, 2.45) is 0 Å². The van der Waals surface area contributed by atoms with Crippen molar-refractivity contribution in [1.29, 1.82) is 0 Å². The fraction of sp³-hybridized carbons (Fsp3) is 0.176. The quantitative estimate of drug-likeness (QED) is 0.757. The second-order valence-corrected chi connectivity index (χ2v) is 6.17. The van der Waals surface area contributed by atoms with E-state index in [2.05, 4.69) is 0 Å². The Kier molecular flexibility index (Phi) is 5.28. The summed E-state index contributed by atoms with van der Waals surface area (Å²) in [5.74, 6) is 1.05. The Labute approximate surface area is 136 Å². The van der Waals surface area contributed by atoms with Crippen LogP contribution in [0, 0.1) is 0 Å². The van der Waals surface area contributed by atoms with E-state index in [1.807, 2.05) is 19.1 Å². The van der Waals surface area contributed by atoms with Crippen molar-refractivity contribution < 1.29 is 22.1 Å². The van der Waals surface area contributed by atoms with Crippen LogP contribution in [0.3, 0.4) is 0 Å². The highest BCUT2D eigenvalue weighted by molar-refractivity contribution is 7.87. The molecular weight excluding hydrogens is 316 g/mol. The van der Waals surface area contributed by atoms with E-state index < -0.39 is 10.1 Å². The van der Waals surface area contributed by atoms with E-state index in [0.29, 0.717) is 11.5 Å². The minimum Gasteiger partial charge on any atom is -0.497 e. The third-order valence-electron chi connectivity index (χ3n) is 3.09. The Morgan fingerprint density at radius 1 is 0.913 bits per heavy atom. The zero-order chi connectivity index (χ0) is 16.9. The molecule has 122 valence electrons. The highest BCUT2D eigenvalue weighted by Gasteiger charge is 2.19. The number of methoxy groups -OCH3 is 2. The standard InChI is InChI=1S/C17H18O5S/c1-4-5-13-6-11-16(17(12-13)21-3)22-23(18,19)15-9-7-14(20-2)8-10-15/h4-12H,1-3H3/b5-4+. The minimum atomic E-state index is -3.95. The van der Waals surface area contributed by atoms with Gasteiger partial charge in [-0.25, -0.2) is 0 Å². The van der Waals surface area contributed by atoms with Gasteiger partial charge < -0.3 is 13.7 Å². The summed E-state index contributed by atoms with van der Waals surface area (Å²) in [4.78, 5) is 0.0397. The summed E-state index contributed by atoms with van der Waals surface area (Å²) in [6.45, 7) is 1.89. The van der Waals surface area contributed by atoms with Gasteiger partial charge in [0, 0.05) is 0 Å². The Morgan fingerprint density at radius 3 is 2.17 bits per heavy atom. The molecule has 5 nitrogen and oxygen atoms in total. The third-order valence-corrected chi connectivity index (χ3v) is 4.34. The van der Waals surface area contributed by atoms with E-state index >= 15 is 0 Å². The number of hydrogen-bond donors (Lipinski definition) is 0. The summed E-state index contributed by atoms with van der Waals surface area (Å²) >= 11 is 0. The minimum absolute atomic E-state index is 0.0397. The molecule has 0 saturated heterocycles. The second-order valence-electron chi connectivity index (χ2n) is 4.62. The number of hydrogen-bond acceptors (Lipinski definition) is 5. The summed E-state index contributed by atoms with van der Waals surface area (Å²) in [5, 5.41) is 0. The van der Waals surface area contributed by atoms with Gasteiger partial charge in [0.05, 0.1) is 14.2 Å². The average Bonchev–Trinajstić information content (AvgIpc) is 2.56. The van der Waals surface area contributed by atoms with Crippen LogP contribution in [-0.4, -0.2) is 22.6 Å². The fourth-order valence-corrected chi connectivity index (χ4v) is 2.90. The van der Waals surface area contributed by atoms with Crippen LogP contribution < -0.4 is 13.7 Å². The van der Waals surface area contributed by atoms with Crippen LogP contribution in [0.5, 0.6) is 17.2 Å². The molecule has 0 bridgehead atoms. The maximum absolute atomic E-state index is 12.3. The molecule has 0 saturated carbocycles. The second kappa shape index (κ2) is 7.19. The van der Waals surface area contributed by atoms with Crippen LogP contribution >= 0.6 is 0 Å². The van der Waals surface area contributed by atoms with Crippen molar-refractivity contribution in [1.82, 2.24) is 0 Å². The van der Waals surface area contributed by atoms with E-state index in [9.17, 15) is 8.42 Å². The van der Waals surface area contributed by atoms with Crippen molar-refractivity contribution in [3.8, 4) is 17.2 Å². The molecule has 0 amide bonds. The topological polar surface area (TPSA) is 61.8 Å². The van der Waals surface area contributed by atoms with Crippen molar-refractivity contribution in [3.05, 3.63) is 54.1 Å². The molecule has 0 aromatic heterocycles. The van der Waals surface area contributed by atoms with Crippen LogP contribution in [0.2, 0.25) is 0 Å². The number of ether oxygens (including phenoxy) is 2. The molecule has 23 heavy (non-hydrogen) atoms. The lowest BCUT2D eigenvalue weighted by Crippen LogP contribution is -2.10. The van der Waals surface area contributed by atoms with Gasteiger partial charge in [0.2, 0.25) is 0 Å². The van der Waals surface area contributed by atoms with Crippen LogP contribution in [-0.2, 0) is 10.1 Å². The van der Waals surface area contributed by atoms with Crippen molar-refractivity contribution in [3.63, 3.8) is 0 Å². The molecule has 2 aromatic carbocycles. The van der Waals surface area contributed by atoms with Gasteiger partial charge in [-0.1, -0.05) is 18.2 Å². The molecule has 0 heterocycles. The summed E-state index contributed by atoms with van der Waals surface area (Å²) in [7, 11) is -0.979. The molecule has 0 aliphatic rings. The van der Waals surface area contributed by atoms with E-state index in [1.165, 1.54) is 26.4 Å². The molecular formula is C17H18O5S. The van der Waals surface area contributed by atoms with Crippen molar-refractivity contribution in [2.75, 3.05) is 14.2 Å². The van der Waals surface area contributed by atoms with Gasteiger partial charge >= 0.3 is 10.1 Å². The SMILES string of the molecule is C/C=C/c1ccc(OS(=O)(=O)c2ccc(OC)cc2)c(OC)c1. The monoisotopic (exact) mass is 334 g/mol. The maximum Gasteiger partial charge on any atom is 0.339 e. The van der Waals surface area contributed by atoms with Gasteiger partial charge in [0.25, 0.3) is 0 Å². The summed E-state index contributed by atoms with van der Waals surface area (Å²) in [6.07, 6.45) is 3.76. The van der Waals surface area contributed by atoms with E-state index in [0.717, 1.165) is 5.56 Å². The number of allylic oxidation sites excluding steroid dienone is 1. The lowest BCUT2D eigenvalue weighted by atomic mass is 10.2. The predicted octanol–water partition coefficient (Wildman–Crippen LogP) is 3.50. The van der Waals surface area contributed by atoms with E-state index in [1.54, 1.807) is 30.3 Å². The normalized spacial score (nSPS) is 11.4.